The molecule has 19 heavy (non-hydrogen) atoms. The van der Waals surface area contributed by atoms with Crippen molar-refractivity contribution in [3.63, 3.8) is 0 Å². The van der Waals surface area contributed by atoms with Gasteiger partial charge in [0.25, 0.3) is 5.91 Å². The quantitative estimate of drug-likeness (QED) is 0.832. The summed E-state index contributed by atoms with van der Waals surface area (Å²) in [5.41, 5.74) is 11.4. The number of nitrogen functional groups attached to an aromatic ring is 1. The number of anilines is 2. The second-order valence-corrected chi connectivity index (χ2v) is 5.67. The van der Waals surface area contributed by atoms with Gasteiger partial charge in [-0.25, -0.2) is 0 Å². The summed E-state index contributed by atoms with van der Waals surface area (Å²) in [4.78, 5) is 15.9. The van der Waals surface area contributed by atoms with E-state index < -0.39 is 5.91 Å². The van der Waals surface area contributed by atoms with Crippen LogP contribution in [0.4, 0.5) is 10.8 Å². The lowest BCUT2D eigenvalue weighted by Crippen LogP contribution is -2.39. The van der Waals surface area contributed by atoms with E-state index in [1.54, 1.807) is 0 Å². The molecule has 1 atom stereocenters. The van der Waals surface area contributed by atoms with Gasteiger partial charge in [0.15, 0.2) is 5.82 Å². The number of primary amides is 1. The van der Waals surface area contributed by atoms with Crippen LogP contribution in [0.25, 0.3) is 0 Å². The fourth-order valence-corrected chi connectivity index (χ4v) is 3.49. The number of amides is 1. The summed E-state index contributed by atoms with van der Waals surface area (Å²) in [6, 6.07) is 0.527. The molecule has 6 nitrogen and oxygen atoms in total. The van der Waals surface area contributed by atoms with Gasteiger partial charge in [0.1, 0.15) is 10.6 Å². The largest absolute Gasteiger partial charge is 0.382 e. The van der Waals surface area contributed by atoms with Crippen molar-refractivity contribution in [1.29, 1.82) is 0 Å². The van der Waals surface area contributed by atoms with Crippen molar-refractivity contribution in [2.24, 2.45) is 5.73 Å². The molecule has 1 amide bonds. The molecular weight excluding hydrogens is 262 g/mol. The zero-order chi connectivity index (χ0) is 14.0. The lowest BCUT2D eigenvalue weighted by atomic mass is 10.2. The molecule has 0 aromatic carbocycles. The first-order chi connectivity index (χ1) is 9.04. The van der Waals surface area contributed by atoms with Crippen molar-refractivity contribution in [3.05, 3.63) is 5.56 Å². The van der Waals surface area contributed by atoms with Crippen molar-refractivity contribution in [2.75, 3.05) is 37.3 Å². The van der Waals surface area contributed by atoms with E-state index >= 15 is 0 Å². The third-order valence-corrected chi connectivity index (χ3v) is 4.66. The van der Waals surface area contributed by atoms with E-state index in [1.807, 2.05) is 11.9 Å². The normalized spacial score (nSPS) is 19.8. The van der Waals surface area contributed by atoms with Crippen LogP contribution >= 0.6 is 11.5 Å². The second kappa shape index (κ2) is 5.75. The first-order valence-corrected chi connectivity index (χ1v) is 7.32. The number of rotatable bonds is 5. The number of hydrogen-bond donors (Lipinski definition) is 2. The van der Waals surface area contributed by atoms with Crippen LogP contribution in [0.1, 0.15) is 30.1 Å². The van der Waals surface area contributed by atoms with Gasteiger partial charge in [-0.05, 0) is 37.5 Å². The molecule has 0 aliphatic carbocycles. The summed E-state index contributed by atoms with van der Waals surface area (Å²) in [6.07, 6.45) is 2.43. The maximum Gasteiger partial charge on any atom is 0.255 e. The smallest absolute Gasteiger partial charge is 0.255 e. The minimum Gasteiger partial charge on any atom is -0.382 e. The van der Waals surface area contributed by atoms with Crippen molar-refractivity contribution in [3.8, 4) is 0 Å². The zero-order valence-electron chi connectivity index (χ0n) is 11.4. The molecule has 1 saturated heterocycles. The molecule has 0 saturated carbocycles. The second-order valence-electron chi connectivity index (χ2n) is 4.92. The fourth-order valence-electron chi connectivity index (χ4n) is 2.70. The Morgan fingerprint density at radius 2 is 2.37 bits per heavy atom. The summed E-state index contributed by atoms with van der Waals surface area (Å²) in [7, 11) is 1.96. The van der Waals surface area contributed by atoms with E-state index in [0.29, 0.717) is 11.6 Å². The molecule has 4 N–H and O–H groups in total. The maximum atomic E-state index is 11.4. The van der Waals surface area contributed by atoms with Gasteiger partial charge in [-0.2, -0.15) is 4.37 Å². The lowest BCUT2D eigenvalue weighted by Gasteiger charge is -2.28. The third kappa shape index (κ3) is 2.82. The summed E-state index contributed by atoms with van der Waals surface area (Å²) in [6.45, 7) is 5.27. The molecule has 0 radical (unpaired) electrons. The molecule has 1 aliphatic rings. The monoisotopic (exact) mass is 283 g/mol. The highest BCUT2D eigenvalue weighted by Crippen LogP contribution is 2.30. The van der Waals surface area contributed by atoms with E-state index in [-0.39, 0.29) is 5.82 Å². The molecule has 7 heteroatoms. The summed E-state index contributed by atoms with van der Waals surface area (Å²) < 4.78 is 4.04. The van der Waals surface area contributed by atoms with E-state index in [1.165, 1.54) is 24.4 Å². The van der Waals surface area contributed by atoms with Crippen molar-refractivity contribution < 1.29 is 4.79 Å². The first-order valence-electron chi connectivity index (χ1n) is 6.54. The molecule has 1 fully saturated rings. The standard InChI is InChI=1S/C12H21N5OS/c1-3-17-6-4-5-8(17)7-16(2)12-9(11(14)18)10(13)15-19-12/h8H,3-7H2,1-2H3,(H2,13,15)(H2,14,18). The van der Waals surface area contributed by atoms with Gasteiger partial charge < -0.3 is 16.4 Å². The average molecular weight is 283 g/mol. The van der Waals surface area contributed by atoms with Gasteiger partial charge in [-0.1, -0.05) is 6.92 Å². The first kappa shape index (κ1) is 14.1. The number of nitrogens with zero attached hydrogens (tertiary/aromatic N) is 3. The van der Waals surface area contributed by atoms with Gasteiger partial charge in [-0.3, -0.25) is 9.69 Å². The van der Waals surface area contributed by atoms with Crippen molar-refractivity contribution in [2.45, 2.75) is 25.8 Å². The number of nitrogens with two attached hydrogens (primary N) is 2. The van der Waals surface area contributed by atoms with Crippen LogP contribution in [-0.4, -0.2) is 47.9 Å². The van der Waals surface area contributed by atoms with Crippen LogP contribution in [0.3, 0.4) is 0 Å². The topological polar surface area (TPSA) is 88.5 Å². The van der Waals surface area contributed by atoms with E-state index in [9.17, 15) is 4.79 Å². The minimum atomic E-state index is -0.508. The number of hydrogen-bond acceptors (Lipinski definition) is 6. The number of carbonyl (C=O) groups excluding carboxylic acids is 1. The molecule has 2 heterocycles. The highest BCUT2D eigenvalue weighted by molar-refractivity contribution is 7.11. The van der Waals surface area contributed by atoms with Crippen molar-refractivity contribution in [1.82, 2.24) is 9.27 Å². The predicted molar refractivity (Wildman–Crippen MR) is 78.6 cm³/mol. The molecule has 1 aromatic rings. The molecule has 1 aromatic heterocycles. The lowest BCUT2D eigenvalue weighted by molar-refractivity contribution is 0.100. The van der Waals surface area contributed by atoms with Crippen molar-refractivity contribution >= 4 is 28.3 Å². The van der Waals surface area contributed by atoms with E-state index in [2.05, 4.69) is 16.2 Å². The Morgan fingerprint density at radius 3 is 3.00 bits per heavy atom. The molecule has 1 aliphatic heterocycles. The Morgan fingerprint density at radius 1 is 1.63 bits per heavy atom. The minimum absolute atomic E-state index is 0.234. The molecule has 0 bridgehead atoms. The molecular formula is C12H21N5OS. The van der Waals surface area contributed by atoms with Gasteiger partial charge in [0.2, 0.25) is 0 Å². The Kier molecular flexibility index (Phi) is 4.26. The number of likely N-dealkylation sites (tertiary alicyclic amines) is 1. The number of carbonyl (C=O) groups is 1. The Labute approximate surface area is 117 Å². The van der Waals surface area contributed by atoms with Crippen LogP contribution in [0.2, 0.25) is 0 Å². The third-order valence-electron chi connectivity index (χ3n) is 3.68. The maximum absolute atomic E-state index is 11.4. The van der Waals surface area contributed by atoms with Crippen LogP contribution in [0.15, 0.2) is 0 Å². The van der Waals surface area contributed by atoms with Gasteiger partial charge in [-0.15, -0.1) is 0 Å². The number of aromatic nitrogens is 1. The summed E-state index contributed by atoms with van der Waals surface area (Å²) in [5, 5.41) is 0.771. The Hall–Kier alpha value is -1.34. The van der Waals surface area contributed by atoms with E-state index in [0.717, 1.165) is 24.6 Å². The van der Waals surface area contributed by atoms with E-state index in [4.69, 9.17) is 11.5 Å². The molecule has 106 valence electrons. The highest BCUT2D eigenvalue weighted by Gasteiger charge is 2.27. The predicted octanol–water partition coefficient (Wildman–Crippen LogP) is 0.745. The molecule has 0 spiro atoms. The van der Waals surface area contributed by atoms with Gasteiger partial charge in [0, 0.05) is 19.6 Å². The molecule has 2 rings (SSSR count). The Balaban J connectivity index is 2.12. The molecule has 1 unspecified atom stereocenters. The summed E-state index contributed by atoms with van der Waals surface area (Å²) >= 11 is 1.24. The highest BCUT2D eigenvalue weighted by atomic mass is 32.1. The van der Waals surface area contributed by atoms with Crippen LogP contribution in [0, 0.1) is 0 Å². The van der Waals surface area contributed by atoms with Crippen LogP contribution in [0.5, 0.6) is 0 Å². The van der Waals surface area contributed by atoms with Gasteiger partial charge in [0.05, 0.1) is 0 Å². The van der Waals surface area contributed by atoms with Crippen LogP contribution < -0.4 is 16.4 Å². The number of likely N-dealkylation sites (N-methyl/N-ethyl adjacent to an activating group) is 2. The SMILES string of the molecule is CCN1CCCC1CN(C)c1snc(N)c1C(N)=O. The van der Waals surface area contributed by atoms with Crippen LogP contribution in [-0.2, 0) is 0 Å². The zero-order valence-corrected chi connectivity index (χ0v) is 12.2. The fraction of sp³-hybridized carbons (Fsp3) is 0.667. The average Bonchev–Trinajstić information content (AvgIpc) is 2.95. The summed E-state index contributed by atoms with van der Waals surface area (Å²) in [5.74, 6) is -0.273. The van der Waals surface area contributed by atoms with Gasteiger partial charge >= 0.3 is 0 Å². The Bertz CT molecular complexity index is 461.